The molecule has 0 aliphatic carbocycles. The smallest absolute Gasteiger partial charge is 0.238 e. The monoisotopic (exact) mass is 300 g/mol. The lowest BCUT2D eigenvalue weighted by atomic mass is 10.0. The quantitative estimate of drug-likeness (QED) is 0.921. The van der Waals surface area contributed by atoms with Gasteiger partial charge in [-0.1, -0.05) is 29.6 Å². The maximum atomic E-state index is 12.0. The second-order valence-electron chi connectivity index (χ2n) is 4.99. The molecule has 0 bridgehead atoms. The van der Waals surface area contributed by atoms with Crippen molar-refractivity contribution in [2.24, 2.45) is 0 Å². The summed E-state index contributed by atoms with van der Waals surface area (Å²) in [6.07, 6.45) is 3.59. The summed E-state index contributed by atoms with van der Waals surface area (Å²) in [4.78, 5) is 14.2. The van der Waals surface area contributed by atoms with E-state index in [4.69, 9.17) is 23.2 Å². The van der Waals surface area contributed by atoms with Crippen LogP contribution in [0.15, 0.2) is 18.2 Å². The van der Waals surface area contributed by atoms with E-state index in [1.807, 2.05) is 0 Å². The molecule has 1 atom stereocenters. The number of carbonyl (C=O) groups excluding carboxylic acids is 1. The van der Waals surface area contributed by atoms with Crippen molar-refractivity contribution in [3.8, 4) is 0 Å². The fraction of sp³-hybridized carbons (Fsp3) is 0.500. The molecule has 1 saturated heterocycles. The molecule has 0 unspecified atom stereocenters. The van der Waals surface area contributed by atoms with E-state index in [1.54, 1.807) is 18.2 Å². The molecule has 0 aromatic heterocycles. The first kappa shape index (κ1) is 14.6. The van der Waals surface area contributed by atoms with Gasteiger partial charge in [-0.15, -0.1) is 0 Å². The molecule has 0 saturated carbocycles. The first-order valence-electron chi connectivity index (χ1n) is 6.55. The Labute approximate surface area is 123 Å². The van der Waals surface area contributed by atoms with Crippen LogP contribution in [-0.4, -0.2) is 29.9 Å². The SMILES string of the molecule is C[C@H]1CCCCN1CC(=O)Nc1ccc(Cl)c(Cl)c1. The lowest BCUT2D eigenvalue weighted by Gasteiger charge is -2.32. The molecule has 104 valence electrons. The van der Waals surface area contributed by atoms with Crippen LogP contribution in [0.4, 0.5) is 5.69 Å². The highest BCUT2D eigenvalue weighted by molar-refractivity contribution is 6.42. The molecule has 5 heteroatoms. The number of likely N-dealkylation sites (tertiary alicyclic amines) is 1. The number of piperidine rings is 1. The molecule has 2 rings (SSSR count). The van der Waals surface area contributed by atoms with Crippen molar-refractivity contribution in [1.82, 2.24) is 4.90 Å². The van der Waals surface area contributed by atoms with Gasteiger partial charge in [-0.3, -0.25) is 9.69 Å². The standard InChI is InChI=1S/C14H18Cl2N2O/c1-10-4-2-3-7-18(10)9-14(19)17-11-5-6-12(15)13(16)8-11/h5-6,8,10H,2-4,7,9H2,1H3,(H,17,19)/t10-/m0/s1. The Hall–Kier alpha value is -0.770. The fourth-order valence-corrected chi connectivity index (χ4v) is 2.65. The van der Waals surface area contributed by atoms with Crippen molar-refractivity contribution in [2.75, 3.05) is 18.4 Å². The van der Waals surface area contributed by atoms with Crippen LogP contribution in [0.5, 0.6) is 0 Å². The van der Waals surface area contributed by atoms with Crippen molar-refractivity contribution in [3.63, 3.8) is 0 Å². The molecule has 1 aromatic carbocycles. The van der Waals surface area contributed by atoms with Gasteiger partial charge in [0, 0.05) is 11.7 Å². The average molecular weight is 301 g/mol. The molecule has 1 amide bonds. The van der Waals surface area contributed by atoms with Gasteiger partial charge in [0.1, 0.15) is 0 Å². The van der Waals surface area contributed by atoms with Crippen molar-refractivity contribution in [3.05, 3.63) is 28.2 Å². The van der Waals surface area contributed by atoms with Crippen molar-refractivity contribution in [2.45, 2.75) is 32.2 Å². The molecule has 1 aliphatic heterocycles. The Kier molecular flexibility index (Phi) is 5.08. The maximum Gasteiger partial charge on any atom is 0.238 e. The van der Waals surface area contributed by atoms with Gasteiger partial charge in [-0.05, 0) is 44.5 Å². The summed E-state index contributed by atoms with van der Waals surface area (Å²) in [6, 6.07) is 5.59. The van der Waals surface area contributed by atoms with Crippen molar-refractivity contribution >= 4 is 34.8 Å². The van der Waals surface area contributed by atoms with E-state index < -0.39 is 0 Å². The van der Waals surface area contributed by atoms with E-state index in [9.17, 15) is 4.79 Å². The Morgan fingerprint density at radius 2 is 2.16 bits per heavy atom. The highest BCUT2D eigenvalue weighted by Crippen LogP contribution is 2.25. The lowest BCUT2D eigenvalue weighted by Crippen LogP contribution is -2.42. The van der Waals surface area contributed by atoms with E-state index in [-0.39, 0.29) is 5.91 Å². The summed E-state index contributed by atoms with van der Waals surface area (Å²) < 4.78 is 0. The Balaban J connectivity index is 1.91. The number of nitrogens with zero attached hydrogens (tertiary/aromatic N) is 1. The minimum Gasteiger partial charge on any atom is -0.325 e. The predicted molar refractivity (Wildman–Crippen MR) is 80.0 cm³/mol. The summed E-state index contributed by atoms with van der Waals surface area (Å²) in [5.74, 6) is -0.00728. The number of anilines is 1. The van der Waals surface area contributed by atoms with Crippen LogP contribution in [0.1, 0.15) is 26.2 Å². The number of halogens is 2. The fourth-order valence-electron chi connectivity index (χ4n) is 2.35. The van der Waals surface area contributed by atoms with E-state index in [0.717, 1.165) is 6.54 Å². The summed E-state index contributed by atoms with van der Waals surface area (Å²) >= 11 is 11.8. The largest absolute Gasteiger partial charge is 0.325 e. The average Bonchev–Trinajstić information content (AvgIpc) is 2.37. The van der Waals surface area contributed by atoms with Gasteiger partial charge in [0.05, 0.1) is 16.6 Å². The molecule has 1 fully saturated rings. The summed E-state index contributed by atoms with van der Waals surface area (Å²) in [6.45, 7) is 3.60. The van der Waals surface area contributed by atoms with Crippen LogP contribution in [0, 0.1) is 0 Å². The molecule has 0 radical (unpaired) electrons. The van der Waals surface area contributed by atoms with E-state index in [0.29, 0.717) is 28.3 Å². The number of amides is 1. The zero-order valence-corrected chi connectivity index (χ0v) is 12.5. The van der Waals surface area contributed by atoms with Gasteiger partial charge in [0.15, 0.2) is 0 Å². The third-order valence-electron chi connectivity index (χ3n) is 3.49. The number of carbonyl (C=O) groups is 1. The van der Waals surface area contributed by atoms with Gasteiger partial charge in [0.25, 0.3) is 0 Å². The van der Waals surface area contributed by atoms with Crippen LogP contribution in [-0.2, 0) is 4.79 Å². The second kappa shape index (κ2) is 6.60. The third kappa shape index (κ3) is 4.10. The van der Waals surface area contributed by atoms with E-state index in [1.165, 1.54) is 19.3 Å². The number of hydrogen-bond acceptors (Lipinski definition) is 2. The topological polar surface area (TPSA) is 32.3 Å². The Bertz CT molecular complexity index is 465. The summed E-state index contributed by atoms with van der Waals surface area (Å²) in [5, 5.41) is 3.79. The zero-order valence-electron chi connectivity index (χ0n) is 11.0. The van der Waals surface area contributed by atoms with Gasteiger partial charge >= 0.3 is 0 Å². The van der Waals surface area contributed by atoms with Crippen LogP contribution < -0.4 is 5.32 Å². The van der Waals surface area contributed by atoms with Crippen LogP contribution in [0.25, 0.3) is 0 Å². The summed E-state index contributed by atoms with van der Waals surface area (Å²) in [7, 11) is 0. The highest BCUT2D eigenvalue weighted by atomic mass is 35.5. The van der Waals surface area contributed by atoms with Gasteiger partial charge < -0.3 is 5.32 Å². The molecule has 1 aliphatic rings. The minimum atomic E-state index is -0.00728. The van der Waals surface area contributed by atoms with Crippen LogP contribution >= 0.6 is 23.2 Å². The molecule has 0 spiro atoms. The van der Waals surface area contributed by atoms with Gasteiger partial charge in [-0.25, -0.2) is 0 Å². The normalized spacial score (nSPS) is 20.3. The van der Waals surface area contributed by atoms with Gasteiger partial charge in [0.2, 0.25) is 5.91 Å². The molecule has 19 heavy (non-hydrogen) atoms. The molecular formula is C14H18Cl2N2O. The summed E-state index contributed by atoms with van der Waals surface area (Å²) in [5.41, 5.74) is 0.684. The highest BCUT2D eigenvalue weighted by Gasteiger charge is 2.20. The van der Waals surface area contributed by atoms with Crippen LogP contribution in [0.2, 0.25) is 10.0 Å². The molecule has 3 nitrogen and oxygen atoms in total. The molecule has 1 N–H and O–H groups in total. The zero-order chi connectivity index (χ0) is 13.8. The molecular weight excluding hydrogens is 283 g/mol. The number of benzene rings is 1. The third-order valence-corrected chi connectivity index (χ3v) is 4.23. The van der Waals surface area contributed by atoms with Crippen molar-refractivity contribution < 1.29 is 4.79 Å². The number of rotatable bonds is 3. The Morgan fingerprint density at radius 1 is 1.37 bits per heavy atom. The number of hydrogen-bond donors (Lipinski definition) is 1. The first-order chi connectivity index (χ1) is 9.06. The first-order valence-corrected chi connectivity index (χ1v) is 7.31. The van der Waals surface area contributed by atoms with Crippen molar-refractivity contribution in [1.29, 1.82) is 0 Å². The molecule has 1 heterocycles. The Morgan fingerprint density at radius 3 is 2.84 bits per heavy atom. The van der Waals surface area contributed by atoms with Gasteiger partial charge in [-0.2, -0.15) is 0 Å². The van der Waals surface area contributed by atoms with E-state index in [2.05, 4.69) is 17.1 Å². The van der Waals surface area contributed by atoms with E-state index >= 15 is 0 Å². The maximum absolute atomic E-state index is 12.0. The second-order valence-corrected chi connectivity index (χ2v) is 5.81. The minimum absolute atomic E-state index is 0.00728. The molecule has 1 aromatic rings. The predicted octanol–water partition coefficient (Wildman–Crippen LogP) is 3.81. The number of nitrogens with one attached hydrogen (secondary N) is 1. The van der Waals surface area contributed by atoms with Crippen LogP contribution in [0.3, 0.4) is 0 Å². The lowest BCUT2D eigenvalue weighted by molar-refractivity contribution is -0.118.